The van der Waals surface area contributed by atoms with Gasteiger partial charge in [-0.25, -0.2) is 0 Å². The smallest absolute Gasteiger partial charge is 0.287 e. The molecule has 7 rings (SSSR count). The molecule has 4 aliphatic rings. The van der Waals surface area contributed by atoms with Gasteiger partial charge in [0.25, 0.3) is 0 Å². The Hall–Kier alpha value is -3.16. The normalized spacial score (nSPS) is 30.9. The predicted octanol–water partition coefficient (Wildman–Crippen LogP) is 7.74. The number of fused-ring (bicyclic) bond motifs is 4. The highest BCUT2D eigenvalue weighted by molar-refractivity contribution is 5.86. The minimum absolute atomic E-state index is 0.0547. The summed E-state index contributed by atoms with van der Waals surface area (Å²) in [6.07, 6.45) is 6.35. The summed E-state index contributed by atoms with van der Waals surface area (Å²) in [6.45, 7) is 21.7. The van der Waals surface area contributed by atoms with Gasteiger partial charge in [0.2, 0.25) is 11.4 Å². The summed E-state index contributed by atoms with van der Waals surface area (Å²) in [5, 5.41) is 0. The Morgan fingerprint density at radius 1 is 0.523 bits per heavy atom. The van der Waals surface area contributed by atoms with Crippen LogP contribution in [0, 0.1) is 41.5 Å². The van der Waals surface area contributed by atoms with Gasteiger partial charge in [-0.2, -0.15) is 0 Å². The van der Waals surface area contributed by atoms with Crippen LogP contribution in [0.5, 0.6) is 0 Å². The molecule has 230 valence electrons. The molecule has 0 amide bonds. The van der Waals surface area contributed by atoms with Crippen molar-refractivity contribution in [2.75, 3.05) is 0 Å². The highest BCUT2D eigenvalue weighted by atomic mass is 16.7. The van der Waals surface area contributed by atoms with E-state index in [1.165, 1.54) is 44.5 Å². The van der Waals surface area contributed by atoms with Crippen LogP contribution in [-0.4, -0.2) is 46.0 Å². The van der Waals surface area contributed by atoms with E-state index >= 15 is 0 Å². The largest absolute Gasteiger partial charge is 0.421 e. The van der Waals surface area contributed by atoms with E-state index < -0.39 is 11.8 Å². The first-order chi connectivity index (χ1) is 20.8. The Kier molecular flexibility index (Phi) is 6.84. The average molecular weight is 595 g/mol. The van der Waals surface area contributed by atoms with Gasteiger partial charge in [-0.15, -0.1) is 9.15 Å². The van der Waals surface area contributed by atoms with Gasteiger partial charge in [-0.1, -0.05) is 0 Å². The fourth-order valence-corrected chi connectivity index (χ4v) is 7.77. The second kappa shape index (κ2) is 10.2. The number of hydrogen-bond donors (Lipinski definition) is 0. The maximum Gasteiger partial charge on any atom is 0.421 e. The molecule has 0 bridgehead atoms. The molecule has 2 fully saturated rings. The lowest BCUT2D eigenvalue weighted by Gasteiger charge is -2.38. The third-order valence-electron chi connectivity index (χ3n) is 10.4. The topological polar surface area (TPSA) is 42.9 Å². The van der Waals surface area contributed by atoms with E-state index in [0.29, 0.717) is 0 Å². The molecule has 6 nitrogen and oxygen atoms in total. The molecule has 0 saturated carbocycles. The number of rotatable bonds is 2. The summed E-state index contributed by atoms with van der Waals surface area (Å²) < 4.78 is 31.5. The molecule has 4 unspecified atom stereocenters. The van der Waals surface area contributed by atoms with Gasteiger partial charge < -0.3 is 0 Å². The van der Waals surface area contributed by atoms with E-state index in [2.05, 4.69) is 127 Å². The first kappa shape index (κ1) is 29.5. The first-order valence-corrected chi connectivity index (χ1v) is 16.2. The standard InChI is InChI=1S/C38H46N2O4/c1-21-15-35-33(29(9)27(21)7)19-39(37(35)41-23(3)17-24(4)42-37)31-11-13-32(14-12-31)40-20-34-30(10)28(8)22(2)16-36(34)38(40)43-25(5)18-26(6)44-38/h11-16,19-20,23-26H,17-18H2,1-10H3/q+2. The van der Waals surface area contributed by atoms with Crippen molar-refractivity contribution in [2.24, 2.45) is 0 Å². The second-order valence-electron chi connectivity index (χ2n) is 13.7. The lowest BCUT2D eigenvalue weighted by molar-refractivity contribution is -0.693. The number of aryl methyl sites for hydroxylation is 2. The molecule has 6 heteroatoms. The minimum atomic E-state index is -1.01. The van der Waals surface area contributed by atoms with Crippen LogP contribution in [0.4, 0.5) is 11.4 Å². The Morgan fingerprint density at radius 3 is 1.16 bits per heavy atom. The molecule has 4 atom stereocenters. The van der Waals surface area contributed by atoms with Crippen molar-refractivity contribution in [3.63, 3.8) is 0 Å². The molecule has 3 aromatic carbocycles. The van der Waals surface area contributed by atoms with Gasteiger partial charge in [0.1, 0.15) is 0 Å². The van der Waals surface area contributed by atoms with E-state index in [1.807, 2.05) is 0 Å². The first-order valence-electron chi connectivity index (χ1n) is 16.2. The molecular weight excluding hydrogens is 548 g/mol. The second-order valence-corrected chi connectivity index (χ2v) is 13.7. The summed E-state index contributed by atoms with van der Waals surface area (Å²) in [7, 11) is 0. The van der Waals surface area contributed by atoms with Crippen molar-refractivity contribution < 1.29 is 28.1 Å². The quantitative estimate of drug-likeness (QED) is 0.285. The van der Waals surface area contributed by atoms with Crippen LogP contribution in [0.15, 0.2) is 36.4 Å². The van der Waals surface area contributed by atoms with Crippen molar-refractivity contribution in [3.05, 3.63) is 92.0 Å². The zero-order valence-electron chi connectivity index (χ0n) is 27.9. The summed E-state index contributed by atoms with van der Waals surface area (Å²) in [6, 6.07) is 13.1. The van der Waals surface area contributed by atoms with Gasteiger partial charge in [-0.3, -0.25) is 18.9 Å². The van der Waals surface area contributed by atoms with Gasteiger partial charge in [-0.05, 0) is 115 Å². The fraction of sp³-hybridized carbons (Fsp3) is 0.474. The Morgan fingerprint density at radius 2 is 0.841 bits per heavy atom. The molecule has 2 saturated heterocycles. The molecule has 0 aromatic heterocycles. The van der Waals surface area contributed by atoms with Crippen LogP contribution in [0.1, 0.15) is 96.2 Å². The highest BCUT2D eigenvalue weighted by Gasteiger charge is 2.60. The van der Waals surface area contributed by atoms with Crippen molar-refractivity contribution >= 4 is 23.8 Å². The molecular formula is C38H46N2O4+2. The van der Waals surface area contributed by atoms with E-state index in [1.54, 1.807) is 0 Å². The number of ether oxygens (including phenoxy) is 4. The van der Waals surface area contributed by atoms with Crippen LogP contribution >= 0.6 is 0 Å². The molecule has 4 aliphatic heterocycles. The van der Waals surface area contributed by atoms with Crippen molar-refractivity contribution in [2.45, 2.75) is 118 Å². The molecule has 4 heterocycles. The molecule has 44 heavy (non-hydrogen) atoms. The van der Waals surface area contributed by atoms with Crippen LogP contribution in [-0.2, 0) is 30.8 Å². The van der Waals surface area contributed by atoms with Crippen molar-refractivity contribution in [3.8, 4) is 0 Å². The molecule has 3 aromatic rings. The number of hydrogen-bond acceptors (Lipinski definition) is 4. The predicted molar refractivity (Wildman–Crippen MR) is 173 cm³/mol. The SMILES string of the molecule is Cc1cc2c(c(C)c1C)C=[N+](c1ccc([N+]3=Cc4c(cc(C)c(C)c4C)C34OC(C)CC(C)O4)cc1)C21OC(C)CC(C)O1. The summed E-state index contributed by atoms with van der Waals surface area (Å²) in [5.41, 5.74) is 14.1. The van der Waals surface area contributed by atoms with Crippen LogP contribution in [0.3, 0.4) is 0 Å². The van der Waals surface area contributed by atoms with Gasteiger partial charge in [0, 0.05) is 37.1 Å². The molecule has 2 spiro atoms. The maximum atomic E-state index is 6.79. The van der Waals surface area contributed by atoms with E-state index in [4.69, 9.17) is 18.9 Å². The highest BCUT2D eigenvalue weighted by Crippen LogP contribution is 2.48. The van der Waals surface area contributed by atoms with Crippen LogP contribution in [0.25, 0.3) is 0 Å². The Balaban J connectivity index is 1.35. The zero-order chi connectivity index (χ0) is 31.3. The molecule has 0 N–H and O–H groups in total. The van der Waals surface area contributed by atoms with Crippen LogP contribution in [0.2, 0.25) is 0 Å². The Labute approximate surface area is 261 Å². The van der Waals surface area contributed by atoms with Crippen LogP contribution < -0.4 is 0 Å². The average Bonchev–Trinajstić information content (AvgIpc) is 3.41. The summed E-state index contributed by atoms with van der Waals surface area (Å²) in [5.74, 6) is -2.03. The van der Waals surface area contributed by atoms with Crippen molar-refractivity contribution in [1.82, 2.24) is 0 Å². The minimum Gasteiger partial charge on any atom is -0.287 e. The van der Waals surface area contributed by atoms with Crippen molar-refractivity contribution in [1.29, 1.82) is 0 Å². The van der Waals surface area contributed by atoms with E-state index in [9.17, 15) is 0 Å². The fourth-order valence-electron chi connectivity index (χ4n) is 7.77. The monoisotopic (exact) mass is 594 g/mol. The lowest BCUT2D eigenvalue weighted by Crippen LogP contribution is -2.49. The number of benzene rings is 3. The maximum absolute atomic E-state index is 6.79. The summed E-state index contributed by atoms with van der Waals surface area (Å²) >= 11 is 0. The lowest BCUT2D eigenvalue weighted by atomic mass is 9.93. The third-order valence-corrected chi connectivity index (χ3v) is 10.4. The van der Waals surface area contributed by atoms with Gasteiger partial charge >= 0.3 is 11.8 Å². The zero-order valence-corrected chi connectivity index (χ0v) is 27.9. The van der Waals surface area contributed by atoms with Gasteiger partial charge in [0.15, 0.2) is 12.4 Å². The van der Waals surface area contributed by atoms with Gasteiger partial charge in [0.05, 0.1) is 46.7 Å². The molecule has 0 aliphatic carbocycles. The Bertz CT molecular complexity index is 1600. The third kappa shape index (κ3) is 4.22. The summed E-state index contributed by atoms with van der Waals surface area (Å²) in [4.78, 5) is 0. The number of nitrogens with zero attached hydrogens (tertiary/aromatic N) is 2. The molecule has 0 radical (unpaired) electrons. The van der Waals surface area contributed by atoms with E-state index in [-0.39, 0.29) is 24.4 Å². The van der Waals surface area contributed by atoms with E-state index in [0.717, 1.165) is 35.3 Å².